The van der Waals surface area contributed by atoms with Crippen molar-refractivity contribution in [2.45, 2.75) is 6.54 Å². The molecule has 4 aromatic rings. The molecular formula is C17H14N4. The second kappa shape index (κ2) is 4.59. The van der Waals surface area contributed by atoms with Gasteiger partial charge in [-0.05, 0) is 29.8 Å². The number of nitrogens with two attached hydrogens (primary N) is 1. The summed E-state index contributed by atoms with van der Waals surface area (Å²) in [6, 6.07) is 18.2. The van der Waals surface area contributed by atoms with Gasteiger partial charge in [0, 0.05) is 17.0 Å². The lowest BCUT2D eigenvalue weighted by Gasteiger charge is -2.07. The van der Waals surface area contributed by atoms with Crippen LogP contribution >= 0.6 is 0 Å². The number of fused-ring (bicyclic) bond motifs is 2. The first-order valence-electron chi connectivity index (χ1n) is 6.86. The number of benzene rings is 2. The highest BCUT2D eigenvalue weighted by Crippen LogP contribution is 2.23. The molecule has 21 heavy (non-hydrogen) atoms. The van der Waals surface area contributed by atoms with Crippen LogP contribution in [0.1, 0.15) is 5.56 Å². The van der Waals surface area contributed by atoms with E-state index in [0.29, 0.717) is 12.4 Å². The summed E-state index contributed by atoms with van der Waals surface area (Å²) in [5.74, 6) is 0.573. The molecule has 0 saturated heterocycles. The van der Waals surface area contributed by atoms with Crippen LogP contribution in [0.15, 0.2) is 60.8 Å². The van der Waals surface area contributed by atoms with E-state index in [1.807, 2.05) is 59.4 Å². The highest BCUT2D eigenvalue weighted by molar-refractivity contribution is 5.89. The van der Waals surface area contributed by atoms with E-state index in [-0.39, 0.29) is 0 Å². The van der Waals surface area contributed by atoms with Gasteiger partial charge in [0.1, 0.15) is 0 Å². The van der Waals surface area contributed by atoms with Crippen molar-refractivity contribution < 1.29 is 0 Å². The quantitative estimate of drug-likeness (QED) is 0.610. The molecule has 0 bridgehead atoms. The lowest BCUT2D eigenvalue weighted by atomic mass is 10.1. The molecule has 0 aliphatic carbocycles. The summed E-state index contributed by atoms with van der Waals surface area (Å²) >= 11 is 0. The highest BCUT2D eigenvalue weighted by Gasteiger charge is 2.09. The number of para-hydroxylation sites is 2. The van der Waals surface area contributed by atoms with E-state index in [1.54, 1.807) is 0 Å². The van der Waals surface area contributed by atoms with Crippen LogP contribution in [-0.2, 0) is 6.54 Å². The summed E-state index contributed by atoms with van der Waals surface area (Å²) in [5.41, 5.74) is 9.24. The summed E-state index contributed by atoms with van der Waals surface area (Å²) in [5, 5.41) is 6.61. The molecule has 2 N–H and O–H groups in total. The molecule has 102 valence electrons. The molecule has 4 nitrogen and oxygen atoms in total. The average molecular weight is 274 g/mol. The number of pyridine rings is 1. The van der Waals surface area contributed by atoms with Gasteiger partial charge in [0.15, 0.2) is 5.82 Å². The zero-order chi connectivity index (χ0) is 14.2. The van der Waals surface area contributed by atoms with E-state index in [9.17, 15) is 0 Å². The van der Waals surface area contributed by atoms with E-state index in [1.165, 1.54) is 5.56 Å². The van der Waals surface area contributed by atoms with Crippen molar-refractivity contribution >= 4 is 27.6 Å². The number of hydrogen-bond acceptors (Lipinski definition) is 3. The van der Waals surface area contributed by atoms with Crippen molar-refractivity contribution in [2.75, 3.05) is 5.73 Å². The fourth-order valence-corrected chi connectivity index (χ4v) is 2.73. The molecule has 0 unspecified atom stereocenters. The number of aromatic nitrogens is 3. The average Bonchev–Trinajstić information content (AvgIpc) is 2.85. The first kappa shape index (κ1) is 11.9. The molecule has 2 aromatic heterocycles. The van der Waals surface area contributed by atoms with Crippen LogP contribution in [0.4, 0.5) is 5.82 Å². The van der Waals surface area contributed by atoms with Gasteiger partial charge in [-0.2, -0.15) is 5.10 Å². The van der Waals surface area contributed by atoms with Crippen molar-refractivity contribution in [1.29, 1.82) is 0 Å². The molecule has 2 aromatic carbocycles. The molecule has 0 amide bonds. The van der Waals surface area contributed by atoms with Crippen molar-refractivity contribution in [1.82, 2.24) is 14.8 Å². The number of nitrogen functional groups attached to an aromatic ring is 1. The Balaban J connectivity index is 1.87. The van der Waals surface area contributed by atoms with Gasteiger partial charge in [0.05, 0.1) is 17.6 Å². The van der Waals surface area contributed by atoms with Gasteiger partial charge >= 0.3 is 0 Å². The fraction of sp³-hybridized carbons (Fsp3) is 0.0588. The first-order valence-corrected chi connectivity index (χ1v) is 6.86. The minimum Gasteiger partial charge on any atom is -0.382 e. The van der Waals surface area contributed by atoms with E-state index in [4.69, 9.17) is 5.73 Å². The Kier molecular flexibility index (Phi) is 2.60. The van der Waals surface area contributed by atoms with Crippen LogP contribution in [0, 0.1) is 0 Å². The molecular weight excluding hydrogens is 260 g/mol. The maximum atomic E-state index is 6.00. The Morgan fingerprint density at radius 3 is 2.57 bits per heavy atom. The third-order valence-corrected chi connectivity index (χ3v) is 3.75. The lowest BCUT2D eigenvalue weighted by Crippen LogP contribution is -2.03. The predicted molar refractivity (Wildman–Crippen MR) is 85.0 cm³/mol. The molecule has 0 fully saturated rings. The molecule has 0 aliphatic heterocycles. The number of anilines is 1. The summed E-state index contributed by atoms with van der Waals surface area (Å²) in [7, 11) is 0. The molecule has 2 heterocycles. The SMILES string of the molecule is Nc1nn(Cc2ccnc3ccccc23)c2ccccc12. The Bertz CT molecular complexity index is 934. The maximum absolute atomic E-state index is 6.00. The largest absolute Gasteiger partial charge is 0.382 e. The van der Waals surface area contributed by atoms with E-state index in [0.717, 1.165) is 21.8 Å². The van der Waals surface area contributed by atoms with Gasteiger partial charge in [0.2, 0.25) is 0 Å². The fourth-order valence-electron chi connectivity index (χ4n) is 2.73. The molecule has 4 rings (SSSR count). The second-order valence-corrected chi connectivity index (χ2v) is 5.05. The first-order chi connectivity index (χ1) is 10.3. The number of nitrogens with zero attached hydrogens (tertiary/aromatic N) is 3. The monoisotopic (exact) mass is 274 g/mol. The topological polar surface area (TPSA) is 56.7 Å². The van der Waals surface area contributed by atoms with Gasteiger partial charge in [-0.25, -0.2) is 0 Å². The standard InChI is InChI=1S/C17H14N4/c18-17-14-6-2-4-8-16(14)21(20-17)11-12-9-10-19-15-7-3-1-5-13(12)15/h1-10H,11H2,(H2,18,20). The Hall–Kier alpha value is -2.88. The third-order valence-electron chi connectivity index (χ3n) is 3.75. The van der Waals surface area contributed by atoms with Crippen LogP contribution in [0.5, 0.6) is 0 Å². The smallest absolute Gasteiger partial charge is 0.153 e. The summed E-state index contributed by atoms with van der Waals surface area (Å²) in [6.45, 7) is 0.681. The molecule has 0 saturated carbocycles. The van der Waals surface area contributed by atoms with Gasteiger partial charge in [-0.15, -0.1) is 0 Å². The van der Waals surface area contributed by atoms with E-state index >= 15 is 0 Å². The van der Waals surface area contributed by atoms with Gasteiger partial charge in [0.25, 0.3) is 0 Å². The highest BCUT2D eigenvalue weighted by atomic mass is 15.3. The number of hydrogen-bond donors (Lipinski definition) is 1. The third kappa shape index (κ3) is 1.92. The summed E-state index contributed by atoms with van der Waals surface area (Å²) in [4.78, 5) is 4.40. The Morgan fingerprint density at radius 2 is 1.67 bits per heavy atom. The lowest BCUT2D eigenvalue weighted by molar-refractivity contribution is 0.719. The van der Waals surface area contributed by atoms with Crippen LogP contribution in [0.3, 0.4) is 0 Å². The molecule has 0 atom stereocenters. The summed E-state index contributed by atoms with van der Waals surface area (Å²) < 4.78 is 1.95. The maximum Gasteiger partial charge on any atom is 0.153 e. The zero-order valence-electron chi connectivity index (χ0n) is 11.4. The molecule has 0 spiro atoms. The molecule has 0 aliphatic rings. The van der Waals surface area contributed by atoms with Crippen LogP contribution in [0.2, 0.25) is 0 Å². The Labute approximate surface area is 121 Å². The van der Waals surface area contributed by atoms with Crippen molar-refractivity contribution in [3.8, 4) is 0 Å². The zero-order valence-corrected chi connectivity index (χ0v) is 11.4. The van der Waals surface area contributed by atoms with Crippen molar-refractivity contribution in [3.05, 3.63) is 66.4 Å². The van der Waals surface area contributed by atoms with Gasteiger partial charge in [-0.3, -0.25) is 9.67 Å². The van der Waals surface area contributed by atoms with Gasteiger partial charge in [-0.1, -0.05) is 30.3 Å². The molecule has 4 heteroatoms. The minimum atomic E-state index is 0.573. The van der Waals surface area contributed by atoms with Crippen molar-refractivity contribution in [3.63, 3.8) is 0 Å². The predicted octanol–water partition coefficient (Wildman–Crippen LogP) is 3.22. The molecule has 0 radical (unpaired) electrons. The van der Waals surface area contributed by atoms with E-state index < -0.39 is 0 Å². The van der Waals surface area contributed by atoms with Crippen molar-refractivity contribution in [2.24, 2.45) is 0 Å². The summed E-state index contributed by atoms with van der Waals surface area (Å²) in [6.07, 6.45) is 1.84. The van der Waals surface area contributed by atoms with E-state index in [2.05, 4.69) is 16.1 Å². The van der Waals surface area contributed by atoms with Crippen LogP contribution in [-0.4, -0.2) is 14.8 Å². The number of rotatable bonds is 2. The minimum absolute atomic E-state index is 0.573. The van der Waals surface area contributed by atoms with Crippen LogP contribution < -0.4 is 5.73 Å². The Morgan fingerprint density at radius 1 is 0.905 bits per heavy atom. The second-order valence-electron chi connectivity index (χ2n) is 5.05. The normalized spacial score (nSPS) is 11.2. The van der Waals surface area contributed by atoms with Crippen LogP contribution in [0.25, 0.3) is 21.8 Å². The van der Waals surface area contributed by atoms with Gasteiger partial charge < -0.3 is 5.73 Å².